The van der Waals surface area contributed by atoms with Gasteiger partial charge >= 0.3 is 0 Å². The lowest BCUT2D eigenvalue weighted by Crippen LogP contribution is -2.28. The highest BCUT2D eigenvalue weighted by molar-refractivity contribution is 8.05. The molecular formula is C19H15FN2O4S. The van der Waals surface area contributed by atoms with E-state index in [1.165, 1.54) is 24.3 Å². The maximum Gasteiger partial charge on any atom is 0.260 e. The Bertz CT molecular complexity index is 1040. The number of rotatable bonds is 4. The Labute approximate surface area is 155 Å². The van der Waals surface area contributed by atoms with E-state index in [1.54, 1.807) is 30.3 Å². The molecule has 0 spiro atoms. The third-order valence-electron chi connectivity index (χ3n) is 3.86. The largest absolute Gasteiger partial charge is 0.322 e. The number of ketones is 1. The molecule has 0 unspecified atom stereocenters. The van der Waals surface area contributed by atoms with E-state index >= 15 is 0 Å². The second kappa shape index (κ2) is 7.63. The van der Waals surface area contributed by atoms with Gasteiger partial charge in [-0.05, 0) is 29.8 Å². The van der Waals surface area contributed by atoms with Crippen LogP contribution in [-0.4, -0.2) is 25.2 Å². The molecule has 0 aromatic heterocycles. The molecule has 1 heterocycles. The van der Waals surface area contributed by atoms with E-state index in [4.69, 9.17) is 0 Å². The minimum atomic E-state index is -3.77. The van der Waals surface area contributed by atoms with E-state index in [0.717, 1.165) is 6.20 Å². The maximum absolute atomic E-state index is 12.9. The van der Waals surface area contributed by atoms with Crippen molar-refractivity contribution in [2.24, 2.45) is 4.99 Å². The lowest BCUT2D eigenvalue weighted by atomic mass is 10.1. The molecule has 27 heavy (non-hydrogen) atoms. The van der Waals surface area contributed by atoms with Crippen LogP contribution < -0.4 is 5.32 Å². The zero-order valence-electron chi connectivity index (χ0n) is 14.1. The van der Waals surface area contributed by atoms with Crippen molar-refractivity contribution in [1.82, 2.24) is 0 Å². The number of nitrogens with one attached hydrogen (secondary N) is 1. The Hall–Kier alpha value is -3.13. The van der Waals surface area contributed by atoms with Crippen LogP contribution in [0.1, 0.15) is 12.0 Å². The molecule has 0 saturated carbocycles. The number of hydrogen-bond acceptors (Lipinski definition) is 5. The number of carbonyl (C=O) groups is 2. The number of amides is 1. The summed E-state index contributed by atoms with van der Waals surface area (Å²) < 4.78 is 37.8. The molecule has 2 aromatic carbocycles. The molecule has 1 N–H and O–H groups in total. The van der Waals surface area contributed by atoms with Crippen molar-refractivity contribution >= 4 is 32.3 Å². The molecule has 1 aliphatic rings. The summed E-state index contributed by atoms with van der Waals surface area (Å²) in [7, 11) is -3.77. The molecule has 2 aromatic rings. The maximum atomic E-state index is 12.9. The Morgan fingerprint density at radius 2 is 1.74 bits per heavy atom. The van der Waals surface area contributed by atoms with E-state index in [-0.39, 0.29) is 16.4 Å². The summed E-state index contributed by atoms with van der Waals surface area (Å²) in [5, 5.41) is 2.18. The fraction of sp³-hybridized carbons (Fsp3) is 0.105. The van der Waals surface area contributed by atoms with Gasteiger partial charge in [0, 0.05) is 11.9 Å². The summed E-state index contributed by atoms with van der Waals surface area (Å²) in [4.78, 5) is 28.3. The summed E-state index contributed by atoms with van der Waals surface area (Å²) in [6, 6.07) is 13.6. The van der Waals surface area contributed by atoms with Crippen molar-refractivity contribution in [1.29, 1.82) is 0 Å². The lowest BCUT2D eigenvalue weighted by molar-refractivity contribution is -0.119. The van der Waals surface area contributed by atoms with Gasteiger partial charge in [-0.1, -0.05) is 30.3 Å². The molecule has 0 fully saturated rings. The lowest BCUT2D eigenvalue weighted by Gasteiger charge is -2.13. The van der Waals surface area contributed by atoms with Crippen LogP contribution in [-0.2, 0) is 25.2 Å². The van der Waals surface area contributed by atoms with Crippen LogP contribution in [0.25, 0.3) is 0 Å². The van der Waals surface area contributed by atoms with Crippen molar-refractivity contribution < 1.29 is 22.4 Å². The summed E-state index contributed by atoms with van der Waals surface area (Å²) in [6.45, 7) is 0. The van der Waals surface area contributed by atoms with Crippen LogP contribution >= 0.6 is 0 Å². The number of sulfone groups is 1. The Morgan fingerprint density at radius 1 is 1.07 bits per heavy atom. The monoisotopic (exact) mass is 386 g/mol. The van der Waals surface area contributed by atoms with E-state index in [1.807, 2.05) is 0 Å². The predicted octanol–water partition coefficient (Wildman–Crippen LogP) is 2.63. The normalized spacial score (nSPS) is 14.3. The van der Waals surface area contributed by atoms with Gasteiger partial charge < -0.3 is 5.32 Å². The highest BCUT2D eigenvalue weighted by Crippen LogP contribution is 2.18. The Morgan fingerprint density at radius 3 is 2.37 bits per heavy atom. The Balaban J connectivity index is 1.77. The van der Waals surface area contributed by atoms with Gasteiger partial charge in [0.15, 0.2) is 15.6 Å². The van der Waals surface area contributed by atoms with Crippen LogP contribution in [0.2, 0.25) is 0 Å². The van der Waals surface area contributed by atoms with Crippen molar-refractivity contribution in [3.8, 4) is 0 Å². The minimum Gasteiger partial charge on any atom is -0.322 e. The summed E-state index contributed by atoms with van der Waals surface area (Å²) >= 11 is 0. The standard InChI is InChI=1S/C19H15FN2O4S/c20-14-6-8-15(9-7-14)22-19(24)16-11-21-18(10-17(16)23)27(25,26)12-13-4-2-1-3-5-13/h1-9,11H,10,12H2,(H,22,24). The molecule has 0 radical (unpaired) electrons. The van der Waals surface area contributed by atoms with Gasteiger partial charge in [-0.2, -0.15) is 0 Å². The summed E-state index contributed by atoms with van der Waals surface area (Å²) in [6.07, 6.45) is 0.487. The molecule has 3 rings (SSSR count). The third kappa shape index (κ3) is 4.53. The molecule has 1 amide bonds. The van der Waals surface area contributed by atoms with Crippen LogP contribution in [0.3, 0.4) is 0 Å². The SMILES string of the molecule is O=C1CC(S(=O)(=O)Cc2ccccc2)=NC=C1C(=O)Nc1ccc(F)cc1. The average molecular weight is 386 g/mol. The number of anilines is 1. The first-order chi connectivity index (χ1) is 12.8. The zero-order valence-corrected chi connectivity index (χ0v) is 14.9. The molecule has 0 bridgehead atoms. The van der Waals surface area contributed by atoms with Gasteiger partial charge in [0.25, 0.3) is 5.91 Å². The van der Waals surface area contributed by atoms with Crippen LogP contribution in [0.15, 0.2) is 71.4 Å². The van der Waals surface area contributed by atoms with Crippen molar-refractivity contribution in [3.63, 3.8) is 0 Å². The number of benzene rings is 2. The smallest absolute Gasteiger partial charge is 0.260 e. The molecule has 0 saturated heterocycles. The second-order valence-corrected chi connectivity index (χ2v) is 7.86. The second-order valence-electron chi connectivity index (χ2n) is 5.87. The summed E-state index contributed by atoms with van der Waals surface area (Å²) in [5.74, 6) is -2.10. The molecule has 138 valence electrons. The number of aliphatic imine (C=N–C) groups is 1. The third-order valence-corrected chi connectivity index (χ3v) is 5.54. The fourth-order valence-corrected chi connectivity index (χ4v) is 3.83. The predicted molar refractivity (Wildman–Crippen MR) is 99.2 cm³/mol. The molecule has 0 atom stereocenters. The van der Waals surface area contributed by atoms with E-state index in [2.05, 4.69) is 10.3 Å². The molecule has 6 nitrogen and oxygen atoms in total. The first-order valence-corrected chi connectivity index (χ1v) is 9.64. The van der Waals surface area contributed by atoms with Gasteiger partial charge in [0.2, 0.25) is 0 Å². The topological polar surface area (TPSA) is 92.7 Å². The highest BCUT2D eigenvalue weighted by atomic mass is 32.2. The van der Waals surface area contributed by atoms with Crippen molar-refractivity contribution in [2.45, 2.75) is 12.2 Å². The van der Waals surface area contributed by atoms with Crippen molar-refractivity contribution in [2.75, 3.05) is 5.32 Å². The van der Waals surface area contributed by atoms with Gasteiger partial charge in [0.1, 0.15) is 16.4 Å². The van der Waals surface area contributed by atoms with Gasteiger partial charge in [0.05, 0.1) is 12.2 Å². The van der Waals surface area contributed by atoms with Gasteiger partial charge in [-0.15, -0.1) is 0 Å². The number of Topliss-reactive ketones (excluding diaryl/α,β-unsaturated/α-hetero) is 1. The molecule has 0 aliphatic carbocycles. The van der Waals surface area contributed by atoms with Crippen LogP contribution in [0.5, 0.6) is 0 Å². The first kappa shape index (κ1) is 18.7. The van der Waals surface area contributed by atoms with E-state index in [9.17, 15) is 22.4 Å². The minimum absolute atomic E-state index is 0.252. The number of hydrogen-bond donors (Lipinski definition) is 1. The van der Waals surface area contributed by atoms with Crippen LogP contribution in [0.4, 0.5) is 10.1 Å². The van der Waals surface area contributed by atoms with Gasteiger partial charge in [-0.3, -0.25) is 9.59 Å². The molecule has 8 heteroatoms. The number of carbonyl (C=O) groups excluding carboxylic acids is 2. The summed E-state index contributed by atoms with van der Waals surface area (Å²) in [5.41, 5.74) is 0.635. The quantitative estimate of drug-likeness (QED) is 0.818. The first-order valence-electron chi connectivity index (χ1n) is 7.99. The Kier molecular flexibility index (Phi) is 5.27. The average Bonchev–Trinajstić information content (AvgIpc) is 2.64. The van der Waals surface area contributed by atoms with Crippen LogP contribution in [0, 0.1) is 5.82 Å². The number of nitrogens with zero attached hydrogens (tertiary/aromatic N) is 1. The van der Waals surface area contributed by atoms with Crippen molar-refractivity contribution in [3.05, 3.63) is 77.8 Å². The zero-order chi connectivity index (χ0) is 19.4. The molecule has 1 aliphatic heterocycles. The highest BCUT2D eigenvalue weighted by Gasteiger charge is 2.30. The van der Waals surface area contributed by atoms with E-state index in [0.29, 0.717) is 11.3 Å². The molecular weight excluding hydrogens is 371 g/mol. The fourth-order valence-electron chi connectivity index (χ4n) is 2.47. The number of halogens is 1. The van der Waals surface area contributed by atoms with Gasteiger partial charge in [-0.25, -0.2) is 17.8 Å². The van der Waals surface area contributed by atoms with E-state index < -0.39 is 33.8 Å².